The molecule has 1 fully saturated rings. The molecule has 0 bridgehead atoms. The van der Waals surface area contributed by atoms with Gasteiger partial charge in [0.1, 0.15) is 17.6 Å². The number of carbonyl (C=O) groups excluding carboxylic acids is 2. The first-order valence-corrected chi connectivity index (χ1v) is 6.78. The molecule has 5 heteroatoms. The van der Waals surface area contributed by atoms with Gasteiger partial charge in [-0.2, -0.15) is 0 Å². The van der Waals surface area contributed by atoms with Crippen LogP contribution in [0.1, 0.15) is 45.4 Å². The molecule has 3 unspecified atom stereocenters. The van der Waals surface area contributed by atoms with Crippen LogP contribution in [0.25, 0.3) is 0 Å². The van der Waals surface area contributed by atoms with E-state index in [0.717, 1.165) is 0 Å². The van der Waals surface area contributed by atoms with E-state index in [-0.39, 0.29) is 30.0 Å². The van der Waals surface area contributed by atoms with Gasteiger partial charge in [0.05, 0.1) is 11.7 Å². The highest BCUT2D eigenvalue weighted by Gasteiger charge is 2.39. The van der Waals surface area contributed by atoms with E-state index in [9.17, 15) is 19.8 Å². The number of fused-ring (bicyclic) bond motifs is 1. The first-order chi connectivity index (χ1) is 8.97. The van der Waals surface area contributed by atoms with Crippen molar-refractivity contribution in [2.45, 2.75) is 57.7 Å². The standard InChI is InChI=1S/C14H20O5/c1-8(15)3-2-4-11-6-9-5-10(16)7-12(17)13(9)14(18)19-11/h9-11,16-17H,2-7H2,1H3. The second kappa shape index (κ2) is 5.74. The van der Waals surface area contributed by atoms with E-state index in [4.69, 9.17) is 4.74 Å². The van der Waals surface area contributed by atoms with Crippen LogP contribution in [0.15, 0.2) is 11.3 Å². The summed E-state index contributed by atoms with van der Waals surface area (Å²) in [4.78, 5) is 22.7. The fraction of sp³-hybridized carbons (Fsp3) is 0.714. The van der Waals surface area contributed by atoms with Gasteiger partial charge in [0.25, 0.3) is 0 Å². The van der Waals surface area contributed by atoms with Crippen molar-refractivity contribution in [3.63, 3.8) is 0 Å². The zero-order valence-electron chi connectivity index (χ0n) is 11.1. The molecule has 1 aliphatic heterocycles. The molecule has 2 aliphatic rings. The number of cyclic esters (lactones) is 1. The van der Waals surface area contributed by atoms with E-state index in [1.165, 1.54) is 0 Å². The minimum Gasteiger partial charge on any atom is -0.512 e. The molecule has 1 heterocycles. The largest absolute Gasteiger partial charge is 0.512 e. The molecular formula is C14H20O5. The van der Waals surface area contributed by atoms with Gasteiger partial charge < -0.3 is 19.7 Å². The maximum absolute atomic E-state index is 11.9. The van der Waals surface area contributed by atoms with Crippen LogP contribution in [0.3, 0.4) is 0 Å². The first-order valence-electron chi connectivity index (χ1n) is 6.78. The molecule has 0 aromatic heterocycles. The Hall–Kier alpha value is -1.36. The normalized spacial score (nSPS) is 30.8. The molecule has 0 aromatic carbocycles. The number of esters is 1. The Morgan fingerprint density at radius 2 is 2.16 bits per heavy atom. The van der Waals surface area contributed by atoms with E-state index in [0.29, 0.717) is 37.7 Å². The number of hydrogen-bond acceptors (Lipinski definition) is 5. The van der Waals surface area contributed by atoms with Gasteiger partial charge in [-0.1, -0.05) is 0 Å². The third kappa shape index (κ3) is 3.35. The van der Waals surface area contributed by atoms with Gasteiger partial charge in [-0.15, -0.1) is 0 Å². The van der Waals surface area contributed by atoms with E-state index >= 15 is 0 Å². The van der Waals surface area contributed by atoms with Gasteiger partial charge >= 0.3 is 5.97 Å². The smallest absolute Gasteiger partial charge is 0.337 e. The highest BCUT2D eigenvalue weighted by molar-refractivity contribution is 5.90. The topological polar surface area (TPSA) is 83.8 Å². The monoisotopic (exact) mass is 268 g/mol. The van der Waals surface area contributed by atoms with Crippen molar-refractivity contribution in [1.82, 2.24) is 0 Å². The zero-order chi connectivity index (χ0) is 14.0. The van der Waals surface area contributed by atoms with E-state index in [2.05, 4.69) is 0 Å². The Morgan fingerprint density at radius 3 is 2.84 bits per heavy atom. The van der Waals surface area contributed by atoms with Gasteiger partial charge in [-0.25, -0.2) is 4.79 Å². The van der Waals surface area contributed by atoms with Crippen LogP contribution in [-0.4, -0.2) is 34.2 Å². The van der Waals surface area contributed by atoms with Crippen LogP contribution in [0.5, 0.6) is 0 Å². The molecule has 2 N–H and O–H groups in total. The van der Waals surface area contributed by atoms with Gasteiger partial charge in [0, 0.05) is 18.8 Å². The number of hydrogen-bond donors (Lipinski definition) is 2. The number of aliphatic hydroxyl groups excluding tert-OH is 2. The number of ketones is 1. The second-order valence-corrected chi connectivity index (χ2v) is 5.51. The average molecular weight is 268 g/mol. The number of rotatable bonds is 4. The Balaban J connectivity index is 1.98. The Labute approximate surface area is 112 Å². The van der Waals surface area contributed by atoms with E-state index in [1.54, 1.807) is 6.92 Å². The summed E-state index contributed by atoms with van der Waals surface area (Å²) >= 11 is 0. The van der Waals surface area contributed by atoms with Crippen LogP contribution in [0, 0.1) is 5.92 Å². The lowest BCUT2D eigenvalue weighted by molar-refractivity contribution is -0.151. The lowest BCUT2D eigenvalue weighted by Crippen LogP contribution is -2.37. The summed E-state index contributed by atoms with van der Waals surface area (Å²) in [6, 6.07) is 0. The molecule has 1 saturated heterocycles. The average Bonchev–Trinajstić information content (AvgIpc) is 2.26. The summed E-state index contributed by atoms with van der Waals surface area (Å²) in [6.07, 6.45) is 2.32. The molecule has 5 nitrogen and oxygen atoms in total. The van der Waals surface area contributed by atoms with Crippen LogP contribution in [0.2, 0.25) is 0 Å². The molecule has 0 amide bonds. The minimum absolute atomic E-state index is 0.0315. The number of aliphatic hydroxyl groups is 2. The fourth-order valence-electron chi connectivity index (χ4n) is 2.93. The summed E-state index contributed by atoms with van der Waals surface area (Å²) in [5.41, 5.74) is 0.341. The van der Waals surface area contributed by atoms with Crippen molar-refractivity contribution >= 4 is 11.8 Å². The van der Waals surface area contributed by atoms with Crippen LogP contribution in [0.4, 0.5) is 0 Å². The number of carbonyl (C=O) groups is 2. The zero-order valence-corrected chi connectivity index (χ0v) is 11.1. The molecule has 106 valence electrons. The summed E-state index contributed by atoms with van der Waals surface area (Å²) < 4.78 is 5.29. The van der Waals surface area contributed by atoms with Crippen molar-refractivity contribution in [3.05, 3.63) is 11.3 Å². The number of ether oxygens (including phenoxy) is 1. The highest BCUT2D eigenvalue weighted by Crippen LogP contribution is 2.38. The van der Waals surface area contributed by atoms with Crippen LogP contribution < -0.4 is 0 Å². The van der Waals surface area contributed by atoms with Crippen molar-refractivity contribution in [1.29, 1.82) is 0 Å². The van der Waals surface area contributed by atoms with Crippen molar-refractivity contribution in [2.24, 2.45) is 5.92 Å². The summed E-state index contributed by atoms with van der Waals surface area (Å²) in [6.45, 7) is 1.54. The molecule has 0 spiro atoms. The predicted molar refractivity (Wildman–Crippen MR) is 67.4 cm³/mol. The number of Topliss-reactive ketones (excluding diaryl/α,β-unsaturated/α-hetero) is 1. The quantitative estimate of drug-likeness (QED) is 0.757. The van der Waals surface area contributed by atoms with Gasteiger partial charge in [0.2, 0.25) is 0 Å². The van der Waals surface area contributed by atoms with E-state index < -0.39 is 12.1 Å². The fourth-order valence-corrected chi connectivity index (χ4v) is 2.93. The molecular weight excluding hydrogens is 248 g/mol. The van der Waals surface area contributed by atoms with Gasteiger partial charge in [-0.3, -0.25) is 0 Å². The van der Waals surface area contributed by atoms with Gasteiger partial charge in [0.15, 0.2) is 0 Å². The first kappa shape index (κ1) is 14.1. The molecule has 0 radical (unpaired) electrons. The summed E-state index contributed by atoms with van der Waals surface area (Å²) in [5.74, 6) is -0.481. The van der Waals surface area contributed by atoms with Gasteiger partial charge in [-0.05, 0) is 32.6 Å². The van der Waals surface area contributed by atoms with Crippen LogP contribution in [-0.2, 0) is 14.3 Å². The summed E-state index contributed by atoms with van der Waals surface area (Å²) in [5, 5.41) is 19.4. The Bertz CT molecular complexity index is 412. The summed E-state index contributed by atoms with van der Waals surface area (Å²) in [7, 11) is 0. The van der Waals surface area contributed by atoms with E-state index in [1.807, 2.05) is 0 Å². The van der Waals surface area contributed by atoms with Crippen molar-refractivity contribution < 1.29 is 24.5 Å². The SMILES string of the molecule is CC(=O)CCCC1CC2CC(O)CC(O)=C2C(=O)O1. The predicted octanol–water partition coefficient (Wildman–Crippen LogP) is 1.64. The molecule has 2 rings (SSSR count). The van der Waals surface area contributed by atoms with Crippen molar-refractivity contribution in [2.75, 3.05) is 0 Å². The molecule has 1 aliphatic carbocycles. The molecule has 3 atom stereocenters. The molecule has 0 saturated carbocycles. The Morgan fingerprint density at radius 1 is 1.42 bits per heavy atom. The maximum Gasteiger partial charge on any atom is 0.337 e. The third-order valence-corrected chi connectivity index (χ3v) is 3.80. The molecule has 19 heavy (non-hydrogen) atoms. The third-order valence-electron chi connectivity index (χ3n) is 3.80. The Kier molecular flexibility index (Phi) is 4.24. The minimum atomic E-state index is -0.586. The van der Waals surface area contributed by atoms with Crippen LogP contribution >= 0.6 is 0 Å². The highest BCUT2D eigenvalue weighted by atomic mass is 16.5. The lowest BCUT2D eigenvalue weighted by Gasteiger charge is -2.35. The second-order valence-electron chi connectivity index (χ2n) is 5.51. The van der Waals surface area contributed by atoms with Crippen molar-refractivity contribution in [3.8, 4) is 0 Å². The lowest BCUT2D eigenvalue weighted by atomic mass is 9.79. The maximum atomic E-state index is 11.9. The molecule has 0 aromatic rings.